The molecule has 5 nitrogen and oxygen atoms in total. The summed E-state index contributed by atoms with van der Waals surface area (Å²) < 4.78 is 0. The van der Waals surface area contributed by atoms with Gasteiger partial charge in [-0.1, -0.05) is 41.4 Å². The lowest BCUT2D eigenvalue weighted by Crippen LogP contribution is -2.38. The average Bonchev–Trinajstić information content (AvgIpc) is 3.17. The number of likely N-dealkylation sites (N-methyl/N-ethyl adjacent to an activating group) is 1. The number of thiazole rings is 1. The fraction of sp³-hybridized carbons (Fsp3) is 0.227. The molecule has 0 unspecified atom stereocenters. The highest BCUT2D eigenvalue weighted by atomic mass is 35.5. The molecule has 0 fully saturated rings. The SMILES string of the molecule is CCN(CC(=O)Nc1cc(Cl)ccc1C)C(=O)Cc1csc(-c2cccc(Cl)c2)n1. The number of benzene rings is 2. The Balaban J connectivity index is 1.62. The number of carbonyl (C=O) groups excluding carboxylic acids is 2. The lowest BCUT2D eigenvalue weighted by atomic mass is 10.2. The molecule has 2 amide bonds. The van der Waals surface area contributed by atoms with Crippen LogP contribution in [-0.2, 0) is 16.0 Å². The van der Waals surface area contributed by atoms with Gasteiger partial charge < -0.3 is 10.2 Å². The molecule has 0 atom stereocenters. The number of halogens is 2. The average molecular weight is 462 g/mol. The van der Waals surface area contributed by atoms with Gasteiger partial charge in [0, 0.05) is 33.2 Å². The zero-order valence-electron chi connectivity index (χ0n) is 16.6. The third-order valence-corrected chi connectivity index (χ3v) is 5.91. The Morgan fingerprint density at radius 1 is 1.13 bits per heavy atom. The van der Waals surface area contributed by atoms with Crippen LogP contribution in [0, 0.1) is 6.92 Å². The summed E-state index contributed by atoms with van der Waals surface area (Å²) in [5.74, 6) is -0.424. The van der Waals surface area contributed by atoms with E-state index in [9.17, 15) is 9.59 Å². The maximum absolute atomic E-state index is 12.7. The summed E-state index contributed by atoms with van der Waals surface area (Å²) in [4.78, 5) is 31.2. The van der Waals surface area contributed by atoms with E-state index in [1.165, 1.54) is 16.2 Å². The molecule has 0 aliphatic rings. The Bertz CT molecular complexity index is 1070. The Hall–Kier alpha value is -2.41. The summed E-state index contributed by atoms with van der Waals surface area (Å²) in [6.45, 7) is 4.11. The standard InChI is InChI=1S/C22H21Cl2N3O2S/c1-3-27(12-20(28)26-19-10-17(24)8-7-14(19)2)21(29)11-18-13-30-22(25-18)15-5-4-6-16(23)9-15/h4-10,13H,3,11-12H2,1-2H3,(H,26,28). The number of rotatable bonds is 7. The minimum absolute atomic E-state index is 0.0351. The Kier molecular flexibility index (Phi) is 7.48. The molecule has 0 radical (unpaired) electrons. The number of nitrogens with one attached hydrogen (secondary N) is 1. The van der Waals surface area contributed by atoms with Crippen LogP contribution >= 0.6 is 34.5 Å². The van der Waals surface area contributed by atoms with Crippen molar-refractivity contribution in [1.82, 2.24) is 9.88 Å². The summed E-state index contributed by atoms with van der Waals surface area (Å²) in [5.41, 5.74) is 3.12. The number of anilines is 1. The first-order chi connectivity index (χ1) is 14.4. The van der Waals surface area contributed by atoms with E-state index in [1.807, 2.05) is 43.5 Å². The second kappa shape index (κ2) is 10.1. The highest BCUT2D eigenvalue weighted by Gasteiger charge is 2.18. The number of hydrogen-bond donors (Lipinski definition) is 1. The smallest absolute Gasteiger partial charge is 0.244 e. The highest BCUT2D eigenvalue weighted by molar-refractivity contribution is 7.13. The summed E-state index contributed by atoms with van der Waals surface area (Å²) in [6, 6.07) is 12.7. The number of nitrogens with zero attached hydrogens (tertiary/aromatic N) is 2. The van der Waals surface area contributed by atoms with Crippen LogP contribution in [0.15, 0.2) is 47.8 Å². The lowest BCUT2D eigenvalue weighted by molar-refractivity contribution is -0.133. The molecule has 0 spiro atoms. The summed E-state index contributed by atoms with van der Waals surface area (Å²) in [7, 11) is 0. The molecule has 1 aromatic heterocycles. The van der Waals surface area contributed by atoms with Gasteiger partial charge in [0.15, 0.2) is 0 Å². The van der Waals surface area contributed by atoms with E-state index in [-0.39, 0.29) is 24.8 Å². The van der Waals surface area contributed by atoms with Crippen LogP contribution in [0.5, 0.6) is 0 Å². The van der Waals surface area contributed by atoms with Crippen molar-refractivity contribution in [3.8, 4) is 10.6 Å². The number of hydrogen-bond acceptors (Lipinski definition) is 4. The number of aromatic nitrogens is 1. The van der Waals surface area contributed by atoms with Gasteiger partial charge >= 0.3 is 0 Å². The van der Waals surface area contributed by atoms with Gasteiger partial charge in [0.2, 0.25) is 11.8 Å². The Morgan fingerprint density at radius 3 is 2.63 bits per heavy atom. The van der Waals surface area contributed by atoms with Crippen LogP contribution in [0.1, 0.15) is 18.2 Å². The first-order valence-electron chi connectivity index (χ1n) is 9.40. The lowest BCUT2D eigenvalue weighted by Gasteiger charge is -2.20. The third-order valence-electron chi connectivity index (χ3n) is 4.50. The van der Waals surface area contributed by atoms with Crippen molar-refractivity contribution in [2.75, 3.05) is 18.4 Å². The van der Waals surface area contributed by atoms with Crippen LogP contribution in [0.4, 0.5) is 5.69 Å². The monoisotopic (exact) mass is 461 g/mol. The summed E-state index contributed by atoms with van der Waals surface area (Å²) >= 11 is 13.5. The Morgan fingerprint density at radius 2 is 1.90 bits per heavy atom. The fourth-order valence-electron chi connectivity index (χ4n) is 2.88. The van der Waals surface area contributed by atoms with Gasteiger partial charge in [-0.3, -0.25) is 9.59 Å². The van der Waals surface area contributed by atoms with Crippen molar-refractivity contribution >= 4 is 52.0 Å². The van der Waals surface area contributed by atoms with Crippen LogP contribution in [-0.4, -0.2) is 34.8 Å². The first kappa shape index (κ1) is 22.3. The second-order valence-electron chi connectivity index (χ2n) is 6.75. The van der Waals surface area contributed by atoms with Crippen LogP contribution in [0.2, 0.25) is 10.0 Å². The molecule has 0 bridgehead atoms. The topological polar surface area (TPSA) is 62.3 Å². The van der Waals surface area contributed by atoms with Gasteiger partial charge in [0.1, 0.15) is 5.01 Å². The number of carbonyl (C=O) groups is 2. The van der Waals surface area contributed by atoms with Crippen molar-refractivity contribution in [2.24, 2.45) is 0 Å². The van der Waals surface area contributed by atoms with E-state index in [1.54, 1.807) is 18.2 Å². The van der Waals surface area contributed by atoms with Crippen LogP contribution in [0.3, 0.4) is 0 Å². The van der Waals surface area contributed by atoms with E-state index in [0.717, 1.165) is 16.1 Å². The molecule has 3 aromatic rings. The van der Waals surface area contributed by atoms with Crippen LogP contribution < -0.4 is 5.32 Å². The van der Waals surface area contributed by atoms with E-state index < -0.39 is 0 Å². The largest absolute Gasteiger partial charge is 0.333 e. The molecular formula is C22H21Cl2N3O2S. The molecule has 0 saturated carbocycles. The fourth-order valence-corrected chi connectivity index (χ4v) is 4.06. The Labute approximate surface area is 189 Å². The van der Waals surface area contributed by atoms with Gasteiger partial charge in [0.05, 0.1) is 18.7 Å². The van der Waals surface area contributed by atoms with Gasteiger partial charge in [0.25, 0.3) is 0 Å². The predicted molar refractivity (Wildman–Crippen MR) is 123 cm³/mol. The number of aryl methyl sites for hydroxylation is 1. The maximum atomic E-state index is 12.7. The van der Waals surface area contributed by atoms with Crippen molar-refractivity contribution in [1.29, 1.82) is 0 Å². The van der Waals surface area contributed by atoms with E-state index in [2.05, 4.69) is 10.3 Å². The van der Waals surface area contributed by atoms with Crippen molar-refractivity contribution in [2.45, 2.75) is 20.3 Å². The molecule has 3 rings (SSSR count). The molecule has 30 heavy (non-hydrogen) atoms. The van der Waals surface area contributed by atoms with Crippen molar-refractivity contribution < 1.29 is 9.59 Å². The summed E-state index contributed by atoms with van der Waals surface area (Å²) in [6.07, 6.45) is 0.133. The van der Waals surface area contributed by atoms with E-state index >= 15 is 0 Å². The van der Waals surface area contributed by atoms with Gasteiger partial charge in [-0.2, -0.15) is 0 Å². The van der Waals surface area contributed by atoms with Gasteiger partial charge in [-0.25, -0.2) is 4.98 Å². The maximum Gasteiger partial charge on any atom is 0.244 e. The molecule has 8 heteroatoms. The highest BCUT2D eigenvalue weighted by Crippen LogP contribution is 2.26. The molecule has 0 aliphatic carbocycles. The van der Waals surface area contributed by atoms with Crippen molar-refractivity contribution in [3.63, 3.8) is 0 Å². The zero-order valence-corrected chi connectivity index (χ0v) is 18.9. The minimum atomic E-state index is -0.270. The molecule has 1 N–H and O–H groups in total. The molecule has 1 heterocycles. The van der Waals surface area contributed by atoms with Crippen LogP contribution in [0.25, 0.3) is 10.6 Å². The molecule has 0 aliphatic heterocycles. The normalized spacial score (nSPS) is 10.7. The zero-order chi connectivity index (χ0) is 21.7. The predicted octanol–water partition coefficient (Wildman–Crippen LogP) is 5.46. The number of amides is 2. The summed E-state index contributed by atoms with van der Waals surface area (Å²) in [5, 5.41) is 6.66. The van der Waals surface area contributed by atoms with Crippen molar-refractivity contribution in [3.05, 3.63) is 69.1 Å². The third kappa shape index (κ3) is 5.81. The van der Waals surface area contributed by atoms with E-state index in [4.69, 9.17) is 23.2 Å². The minimum Gasteiger partial charge on any atom is -0.333 e. The molecule has 2 aromatic carbocycles. The molecule has 0 saturated heterocycles. The second-order valence-corrected chi connectivity index (χ2v) is 8.48. The first-order valence-corrected chi connectivity index (χ1v) is 11.0. The molecular weight excluding hydrogens is 441 g/mol. The van der Waals surface area contributed by atoms with Gasteiger partial charge in [-0.05, 0) is 43.7 Å². The van der Waals surface area contributed by atoms with Gasteiger partial charge in [-0.15, -0.1) is 11.3 Å². The molecule has 156 valence electrons. The van der Waals surface area contributed by atoms with E-state index in [0.29, 0.717) is 28.0 Å². The quantitative estimate of drug-likeness (QED) is 0.508.